The SMILES string of the molecule is Cc1cc(Cl)ccc1OC(C)C(=O)N(CC(=O)O)C1CCOCC1. The number of carbonyl (C=O) groups is 2. The first-order valence-corrected chi connectivity index (χ1v) is 8.29. The Labute approximate surface area is 146 Å². The standard InChI is InChI=1S/C17H22ClNO5/c1-11-9-13(18)3-4-15(11)24-12(2)17(22)19(10-16(20)21)14-5-7-23-8-6-14/h3-4,9,12,14H,5-8,10H2,1-2H3,(H,20,21). The Kier molecular flexibility index (Phi) is 6.45. The van der Waals surface area contributed by atoms with Crippen molar-refractivity contribution in [1.29, 1.82) is 0 Å². The van der Waals surface area contributed by atoms with Crippen LogP contribution in [0.1, 0.15) is 25.3 Å². The van der Waals surface area contributed by atoms with Gasteiger partial charge in [-0.25, -0.2) is 0 Å². The van der Waals surface area contributed by atoms with Crippen molar-refractivity contribution in [3.05, 3.63) is 28.8 Å². The van der Waals surface area contributed by atoms with Crippen LogP contribution in [-0.2, 0) is 14.3 Å². The lowest BCUT2D eigenvalue weighted by Gasteiger charge is -2.34. The molecule has 24 heavy (non-hydrogen) atoms. The number of halogens is 1. The van der Waals surface area contributed by atoms with E-state index >= 15 is 0 Å². The number of aliphatic carboxylic acids is 1. The van der Waals surface area contributed by atoms with Crippen LogP contribution in [0, 0.1) is 6.92 Å². The van der Waals surface area contributed by atoms with E-state index in [4.69, 9.17) is 26.2 Å². The van der Waals surface area contributed by atoms with Crippen molar-refractivity contribution in [3.8, 4) is 5.75 Å². The van der Waals surface area contributed by atoms with Crippen molar-refractivity contribution in [2.24, 2.45) is 0 Å². The minimum Gasteiger partial charge on any atom is -0.481 e. The third kappa shape index (κ3) is 4.85. The Morgan fingerprint density at radius 1 is 1.42 bits per heavy atom. The van der Waals surface area contributed by atoms with Crippen molar-refractivity contribution >= 4 is 23.5 Å². The summed E-state index contributed by atoms with van der Waals surface area (Å²) >= 11 is 5.92. The average molecular weight is 356 g/mol. The van der Waals surface area contributed by atoms with E-state index in [0.717, 1.165) is 5.56 Å². The molecule has 2 rings (SSSR count). The Hall–Kier alpha value is -1.79. The van der Waals surface area contributed by atoms with Crippen LogP contribution in [0.4, 0.5) is 0 Å². The molecule has 1 heterocycles. The van der Waals surface area contributed by atoms with Crippen molar-refractivity contribution < 1.29 is 24.2 Å². The van der Waals surface area contributed by atoms with E-state index in [1.807, 2.05) is 6.92 Å². The lowest BCUT2D eigenvalue weighted by molar-refractivity contribution is -0.151. The van der Waals surface area contributed by atoms with Gasteiger partial charge in [-0.1, -0.05) is 11.6 Å². The van der Waals surface area contributed by atoms with Crippen LogP contribution in [0.3, 0.4) is 0 Å². The van der Waals surface area contributed by atoms with E-state index in [0.29, 0.717) is 36.8 Å². The van der Waals surface area contributed by atoms with Crippen LogP contribution in [0.2, 0.25) is 5.02 Å². The molecule has 0 bridgehead atoms. The maximum atomic E-state index is 12.7. The van der Waals surface area contributed by atoms with Gasteiger partial charge in [-0.05, 0) is 50.5 Å². The molecule has 1 N–H and O–H groups in total. The molecule has 7 heteroatoms. The van der Waals surface area contributed by atoms with Crippen LogP contribution >= 0.6 is 11.6 Å². The summed E-state index contributed by atoms with van der Waals surface area (Å²) in [4.78, 5) is 25.3. The van der Waals surface area contributed by atoms with Gasteiger partial charge in [0, 0.05) is 24.3 Å². The second-order valence-corrected chi connectivity index (χ2v) is 6.31. The van der Waals surface area contributed by atoms with Crippen LogP contribution < -0.4 is 4.74 Å². The molecule has 0 aliphatic carbocycles. The lowest BCUT2D eigenvalue weighted by atomic mass is 10.1. The number of hydrogen-bond donors (Lipinski definition) is 1. The molecule has 0 saturated carbocycles. The van der Waals surface area contributed by atoms with Gasteiger partial charge >= 0.3 is 5.97 Å². The number of nitrogens with zero attached hydrogens (tertiary/aromatic N) is 1. The van der Waals surface area contributed by atoms with E-state index in [2.05, 4.69) is 0 Å². The summed E-state index contributed by atoms with van der Waals surface area (Å²) in [5.74, 6) is -0.814. The molecule has 1 amide bonds. The van der Waals surface area contributed by atoms with Gasteiger partial charge in [0.1, 0.15) is 12.3 Å². The van der Waals surface area contributed by atoms with Crippen molar-refractivity contribution in [1.82, 2.24) is 4.90 Å². The molecule has 1 fully saturated rings. The molecule has 1 aromatic carbocycles. The maximum absolute atomic E-state index is 12.7. The number of benzene rings is 1. The first-order chi connectivity index (χ1) is 11.4. The van der Waals surface area contributed by atoms with Gasteiger partial charge in [0.2, 0.25) is 0 Å². The summed E-state index contributed by atoms with van der Waals surface area (Å²) in [5, 5.41) is 9.72. The second kappa shape index (κ2) is 8.35. The highest BCUT2D eigenvalue weighted by Gasteiger charge is 2.31. The summed E-state index contributed by atoms with van der Waals surface area (Å²) in [6.07, 6.45) is 0.476. The minimum atomic E-state index is -1.04. The smallest absolute Gasteiger partial charge is 0.323 e. The van der Waals surface area contributed by atoms with Gasteiger partial charge in [0.15, 0.2) is 6.10 Å². The fourth-order valence-electron chi connectivity index (χ4n) is 2.75. The first-order valence-electron chi connectivity index (χ1n) is 7.91. The highest BCUT2D eigenvalue weighted by Crippen LogP contribution is 2.24. The highest BCUT2D eigenvalue weighted by molar-refractivity contribution is 6.30. The van der Waals surface area contributed by atoms with Gasteiger partial charge < -0.3 is 19.5 Å². The number of carboxylic acid groups (broad SMARTS) is 1. The number of carbonyl (C=O) groups excluding carboxylic acids is 1. The summed E-state index contributed by atoms with van der Waals surface area (Å²) in [5.41, 5.74) is 0.818. The van der Waals surface area contributed by atoms with E-state index < -0.39 is 12.1 Å². The molecule has 1 atom stereocenters. The van der Waals surface area contributed by atoms with Crippen molar-refractivity contribution in [3.63, 3.8) is 0 Å². The molecule has 0 aromatic heterocycles. The molecular weight excluding hydrogens is 334 g/mol. The van der Waals surface area contributed by atoms with Crippen LogP contribution in [0.25, 0.3) is 0 Å². The van der Waals surface area contributed by atoms with E-state index in [1.54, 1.807) is 25.1 Å². The summed E-state index contributed by atoms with van der Waals surface area (Å²) < 4.78 is 11.0. The zero-order valence-corrected chi connectivity index (χ0v) is 14.6. The third-order valence-electron chi connectivity index (χ3n) is 4.01. The molecule has 132 valence electrons. The normalized spacial score (nSPS) is 16.5. The predicted molar refractivity (Wildman–Crippen MR) is 89.5 cm³/mol. The Balaban J connectivity index is 2.10. The largest absolute Gasteiger partial charge is 0.481 e. The lowest BCUT2D eigenvalue weighted by Crippen LogP contribution is -2.50. The first kappa shape index (κ1) is 18.5. The number of aryl methyl sites for hydroxylation is 1. The van der Waals surface area contributed by atoms with Gasteiger partial charge in [-0.2, -0.15) is 0 Å². The number of carboxylic acids is 1. The molecule has 1 aliphatic heterocycles. The Morgan fingerprint density at radius 2 is 2.08 bits per heavy atom. The second-order valence-electron chi connectivity index (χ2n) is 5.87. The van der Waals surface area contributed by atoms with Gasteiger partial charge in [0.25, 0.3) is 5.91 Å². The van der Waals surface area contributed by atoms with Gasteiger partial charge in [-0.3, -0.25) is 9.59 Å². The molecular formula is C17H22ClNO5. The molecule has 1 aromatic rings. The quantitative estimate of drug-likeness (QED) is 0.848. The zero-order chi connectivity index (χ0) is 17.7. The van der Waals surface area contributed by atoms with E-state index in [1.165, 1.54) is 4.90 Å². The van der Waals surface area contributed by atoms with Gasteiger partial charge in [-0.15, -0.1) is 0 Å². The molecule has 0 spiro atoms. The Morgan fingerprint density at radius 3 is 2.67 bits per heavy atom. The van der Waals surface area contributed by atoms with Crippen molar-refractivity contribution in [2.75, 3.05) is 19.8 Å². The summed E-state index contributed by atoms with van der Waals surface area (Å²) in [6, 6.07) is 5.01. The highest BCUT2D eigenvalue weighted by atomic mass is 35.5. The van der Waals surface area contributed by atoms with Gasteiger partial charge in [0.05, 0.1) is 0 Å². The molecule has 6 nitrogen and oxygen atoms in total. The number of rotatable bonds is 6. The summed E-state index contributed by atoms with van der Waals surface area (Å²) in [7, 11) is 0. The monoisotopic (exact) mass is 355 g/mol. The number of ether oxygens (including phenoxy) is 2. The topological polar surface area (TPSA) is 76.1 Å². The van der Waals surface area contributed by atoms with Crippen LogP contribution in [0.5, 0.6) is 5.75 Å². The minimum absolute atomic E-state index is 0.139. The fraction of sp³-hybridized carbons (Fsp3) is 0.529. The summed E-state index contributed by atoms with van der Waals surface area (Å²) in [6.45, 7) is 4.19. The maximum Gasteiger partial charge on any atom is 0.323 e. The zero-order valence-electron chi connectivity index (χ0n) is 13.8. The molecule has 0 radical (unpaired) electrons. The van der Waals surface area contributed by atoms with E-state index in [9.17, 15) is 9.59 Å². The third-order valence-corrected chi connectivity index (χ3v) is 4.24. The van der Waals surface area contributed by atoms with Crippen LogP contribution in [0.15, 0.2) is 18.2 Å². The Bertz CT molecular complexity index is 601. The predicted octanol–water partition coefficient (Wildman–Crippen LogP) is 2.51. The molecule has 1 aliphatic rings. The number of amides is 1. The van der Waals surface area contributed by atoms with Crippen molar-refractivity contribution in [2.45, 2.75) is 38.8 Å². The molecule has 1 unspecified atom stereocenters. The van der Waals surface area contributed by atoms with E-state index in [-0.39, 0.29) is 18.5 Å². The van der Waals surface area contributed by atoms with Crippen LogP contribution in [-0.4, -0.2) is 53.8 Å². The molecule has 1 saturated heterocycles. The number of hydrogen-bond acceptors (Lipinski definition) is 4. The average Bonchev–Trinajstić information content (AvgIpc) is 2.55. The fourth-order valence-corrected chi connectivity index (χ4v) is 2.98.